The van der Waals surface area contributed by atoms with Gasteiger partial charge in [0.1, 0.15) is 5.69 Å². The number of nitrogens with one attached hydrogen (secondary N) is 1. The van der Waals surface area contributed by atoms with E-state index in [0.29, 0.717) is 25.5 Å². The summed E-state index contributed by atoms with van der Waals surface area (Å²) in [4.78, 5) is 14.5. The molecule has 16 heavy (non-hydrogen) atoms. The van der Waals surface area contributed by atoms with E-state index < -0.39 is 0 Å². The van der Waals surface area contributed by atoms with Crippen molar-refractivity contribution >= 4 is 5.97 Å². The smallest absolute Gasteiger partial charge is 0.355 e. The fourth-order valence-corrected chi connectivity index (χ4v) is 1.47. The highest BCUT2D eigenvalue weighted by atomic mass is 16.5. The first kappa shape index (κ1) is 12.7. The van der Waals surface area contributed by atoms with Gasteiger partial charge in [0.2, 0.25) is 0 Å². The van der Waals surface area contributed by atoms with Crippen molar-refractivity contribution in [3.63, 3.8) is 0 Å². The summed E-state index contributed by atoms with van der Waals surface area (Å²) in [5.74, 6) is -0.364. The van der Waals surface area contributed by atoms with Crippen molar-refractivity contribution in [2.24, 2.45) is 0 Å². The summed E-state index contributed by atoms with van der Waals surface area (Å²) in [7, 11) is 3.19. The lowest BCUT2D eigenvalue weighted by Gasteiger charge is -2.05. The van der Waals surface area contributed by atoms with Crippen LogP contribution in [0.3, 0.4) is 0 Å². The Morgan fingerprint density at radius 3 is 2.56 bits per heavy atom. The number of rotatable bonds is 6. The molecule has 0 saturated heterocycles. The highest BCUT2D eigenvalue weighted by molar-refractivity contribution is 5.89. The van der Waals surface area contributed by atoms with E-state index in [1.54, 1.807) is 27.3 Å². The monoisotopic (exact) mass is 227 g/mol. The van der Waals surface area contributed by atoms with Crippen LogP contribution < -0.4 is 0 Å². The first-order valence-electron chi connectivity index (χ1n) is 5.08. The zero-order valence-corrected chi connectivity index (χ0v) is 9.83. The SMILES string of the molecule is CCOC(=O)c1[nH]cc(COC)c1COC. The minimum atomic E-state index is -0.364. The van der Waals surface area contributed by atoms with Crippen LogP contribution in [0.25, 0.3) is 0 Å². The van der Waals surface area contributed by atoms with E-state index in [2.05, 4.69) is 4.98 Å². The van der Waals surface area contributed by atoms with Gasteiger partial charge in [-0.3, -0.25) is 0 Å². The normalized spacial score (nSPS) is 10.4. The van der Waals surface area contributed by atoms with Gasteiger partial charge in [-0.2, -0.15) is 0 Å². The molecule has 1 rings (SSSR count). The van der Waals surface area contributed by atoms with Gasteiger partial charge < -0.3 is 19.2 Å². The van der Waals surface area contributed by atoms with Crippen LogP contribution in [-0.4, -0.2) is 31.8 Å². The molecule has 1 aromatic rings. The number of ether oxygens (including phenoxy) is 3. The van der Waals surface area contributed by atoms with Gasteiger partial charge in [-0.15, -0.1) is 0 Å². The highest BCUT2D eigenvalue weighted by Crippen LogP contribution is 2.17. The van der Waals surface area contributed by atoms with Crippen molar-refractivity contribution in [1.82, 2.24) is 4.98 Å². The van der Waals surface area contributed by atoms with Gasteiger partial charge >= 0.3 is 5.97 Å². The summed E-state index contributed by atoms with van der Waals surface area (Å²) >= 11 is 0. The number of esters is 1. The summed E-state index contributed by atoms with van der Waals surface area (Å²) in [6.45, 7) is 2.92. The maximum absolute atomic E-state index is 11.6. The lowest BCUT2D eigenvalue weighted by atomic mass is 10.1. The third kappa shape index (κ3) is 2.84. The second-order valence-electron chi connectivity index (χ2n) is 3.25. The van der Waals surface area contributed by atoms with Crippen molar-refractivity contribution in [2.75, 3.05) is 20.8 Å². The molecular formula is C11H17NO4. The van der Waals surface area contributed by atoms with Gasteiger partial charge in [-0.1, -0.05) is 0 Å². The van der Waals surface area contributed by atoms with Crippen LogP contribution in [0, 0.1) is 0 Å². The molecule has 0 amide bonds. The molecule has 5 heteroatoms. The van der Waals surface area contributed by atoms with Gasteiger partial charge in [0, 0.05) is 31.5 Å². The molecule has 0 radical (unpaired) electrons. The van der Waals surface area contributed by atoms with E-state index in [1.807, 2.05) is 0 Å². The van der Waals surface area contributed by atoms with Gasteiger partial charge in [0.15, 0.2) is 0 Å². The third-order valence-electron chi connectivity index (χ3n) is 2.15. The summed E-state index contributed by atoms with van der Waals surface area (Å²) in [6, 6.07) is 0. The molecule has 0 atom stereocenters. The first-order valence-corrected chi connectivity index (χ1v) is 5.08. The number of methoxy groups -OCH3 is 2. The molecule has 0 aliphatic rings. The molecular weight excluding hydrogens is 210 g/mol. The highest BCUT2D eigenvalue weighted by Gasteiger charge is 2.18. The topological polar surface area (TPSA) is 60.6 Å². The van der Waals surface area contributed by atoms with E-state index >= 15 is 0 Å². The Morgan fingerprint density at radius 1 is 1.31 bits per heavy atom. The van der Waals surface area contributed by atoms with Crippen LogP contribution in [0.4, 0.5) is 0 Å². The van der Waals surface area contributed by atoms with Crippen LogP contribution in [0.1, 0.15) is 28.5 Å². The third-order valence-corrected chi connectivity index (χ3v) is 2.15. The first-order chi connectivity index (χ1) is 7.74. The van der Waals surface area contributed by atoms with Crippen molar-refractivity contribution < 1.29 is 19.0 Å². The summed E-state index contributed by atoms with van der Waals surface area (Å²) in [5.41, 5.74) is 2.14. The van der Waals surface area contributed by atoms with Crippen LogP contribution >= 0.6 is 0 Å². The molecule has 1 N–H and O–H groups in total. The molecule has 0 bridgehead atoms. The molecule has 0 spiro atoms. The van der Waals surface area contributed by atoms with Crippen LogP contribution in [0.15, 0.2) is 6.20 Å². The second-order valence-corrected chi connectivity index (χ2v) is 3.25. The second kappa shape index (κ2) is 6.30. The fraction of sp³-hybridized carbons (Fsp3) is 0.545. The number of carbonyl (C=O) groups is 1. The molecule has 0 saturated carbocycles. The Hall–Kier alpha value is -1.33. The van der Waals surface area contributed by atoms with E-state index in [4.69, 9.17) is 14.2 Å². The maximum atomic E-state index is 11.6. The van der Waals surface area contributed by atoms with E-state index in [0.717, 1.165) is 11.1 Å². The molecule has 90 valence electrons. The van der Waals surface area contributed by atoms with E-state index in [1.165, 1.54) is 0 Å². The number of aromatic nitrogens is 1. The lowest BCUT2D eigenvalue weighted by Crippen LogP contribution is -2.09. The van der Waals surface area contributed by atoms with Crippen LogP contribution in [-0.2, 0) is 27.4 Å². The standard InChI is InChI=1S/C11H17NO4/c1-4-16-11(13)10-9(7-15-3)8(5-12-10)6-14-2/h5,12H,4,6-7H2,1-3H3. The Balaban J connectivity index is 2.94. The predicted molar refractivity (Wildman–Crippen MR) is 58.2 cm³/mol. The summed E-state index contributed by atoms with van der Waals surface area (Å²) in [5, 5.41) is 0. The molecule has 1 aromatic heterocycles. The number of aromatic amines is 1. The number of carbonyl (C=O) groups excluding carboxylic acids is 1. The fourth-order valence-electron chi connectivity index (χ4n) is 1.47. The van der Waals surface area contributed by atoms with Gasteiger partial charge in [0.05, 0.1) is 19.8 Å². The summed E-state index contributed by atoms with van der Waals surface area (Å²) in [6.07, 6.45) is 1.74. The Bertz CT molecular complexity index is 346. The van der Waals surface area contributed by atoms with Crippen LogP contribution in [0.5, 0.6) is 0 Å². The molecule has 0 unspecified atom stereocenters. The zero-order chi connectivity index (χ0) is 12.0. The molecule has 5 nitrogen and oxygen atoms in total. The lowest BCUT2D eigenvalue weighted by molar-refractivity contribution is 0.0515. The molecule has 0 aliphatic carbocycles. The predicted octanol–water partition coefficient (Wildman–Crippen LogP) is 1.48. The minimum Gasteiger partial charge on any atom is -0.461 e. The number of H-pyrrole nitrogens is 1. The quantitative estimate of drug-likeness (QED) is 0.748. The summed E-state index contributed by atoms with van der Waals surface area (Å²) < 4.78 is 15.0. The maximum Gasteiger partial charge on any atom is 0.355 e. The Labute approximate surface area is 94.7 Å². The van der Waals surface area contributed by atoms with Crippen molar-refractivity contribution in [2.45, 2.75) is 20.1 Å². The Morgan fingerprint density at radius 2 is 2.00 bits per heavy atom. The molecule has 0 aliphatic heterocycles. The average Bonchev–Trinajstić information content (AvgIpc) is 2.64. The average molecular weight is 227 g/mol. The van der Waals surface area contributed by atoms with Gasteiger partial charge in [-0.05, 0) is 6.92 Å². The van der Waals surface area contributed by atoms with E-state index in [9.17, 15) is 4.79 Å². The zero-order valence-electron chi connectivity index (χ0n) is 9.83. The molecule has 1 heterocycles. The van der Waals surface area contributed by atoms with Crippen molar-refractivity contribution in [3.05, 3.63) is 23.0 Å². The molecule has 0 aromatic carbocycles. The van der Waals surface area contributed by atoms with Crippen molar-refractivity contribution in [3.8, 4) is 0 Å². The number of hydrogen-bond donors (Lipinski definition) is 1. The Kier molecular flexibility index (Phi) is 5.01. The largest absolute Gasteiger partial charge is 0.461 e. The molecule has 0 fully saturated rings. The van der Waals surface area contributed by atoms with Gasteiger partial charge in [0.25, 0.3) is 0 Å². The van der Waals surface area contributed by atoms with Crippen LogP contribution in [0.2, 0.25) is 0 Å². The van der Waals surface area contributed by atoms with Crippen molar-refractivity contribution in [1.29, 1.82) is 0 Å². The van der Waals surface area contributed by atoms with E-state index in [-0.39, 0.29) is 5.97 Å². The number of hydrogen-bond acceptors (Lipinski definition) is 4. The van der Waals surface area contributed by atoms with Gasteiger partial charge in [-0.25, -0.2) is 4.79 Å². The minimum absolute atomic E-state index is 0.351.